The van der Waals surface area contributed by atoms with Crippen molar-refractivity contribution in [3.8, 4) is 5.75 Å². The Morgan fingerprint density at radius 1 is 1.33 bits per heavy atom. The lowest BCUT2D eigenvalue weighted by atomic mass is 10.2. The van der Waals surface area contributed by atoms with Crippen molar-refractivity contribution in [1.82, 2.24) is 4.90 Å². The molecule has 1 unspecified atom stereocenters. The fourth-order valence-corrected chi connectivity index (χ4v) is 3.41. The van der Waals surface area contributed by atoms with Crippen LogP contribution in [0.15, 0.2) is 16.6 Å². The number of carbonyl (C=O) groups is 1. The van der Waals surface area contributed by atoms with Crippen LogP contribution in [-0.2, 0) is 4.79 Å². The lowest BCUT2D eigenvalue weighted by molar-refractivity contribution is -0.137. The first-order valence-corrected chi connectivity index (χ1v) is 8.36. The number of nitrogens with two attached hydrogens (primary N) is 1. The molecule has 21 heavy (non-hydrogen) atoms. The first kappa shape index (κ1) is 16.4. The minimum absolute atomic E-state index is 0.0122. The average molecular weight is 376 g/mol. The summed E-state index contributed by atoms with van der Waals surface area (Å²) >= 11 is 9.29. The van der Waals surface area contributed by atoms with Gasteiger partial charge in [-0.3, -0.25) is 4.79 Å². The van der Waals surface area contributed by atoms with E-state index in [0.29, 0.717) is 20.9 Å². The molecule has 1 atom stereocenters. The van der Waals surface area contributed by atoms with Crippen LogP contribution in [0.1, 0.15) is 32.6 Å². The third kappa shape index (κ3) is 4.27. The third-order valence-corrected chi connectivity index (χ3v) is 4.40. The molecule has 0 radical (unpaired) electrons. The summed E-state index contributed by atoms with van der Waals surface area (Å²) in [5.74, 6) is 0.480. The molecular formula is C15H20BrClN2O2. The van der Waals surface area contributed by atoms with Crippen LogP contribution < -0.4 is 10.5 Å². The molecule has 1 aromatic carbocycles. The van der Waals surface area contributed by atoms with Crippen molar-refractivity contribution in [2.24, 2.45) is 0 Å². The number of benzene rings is 1. The van der Waals surface area contributed by atoms with Gasteiger partial charge in [0.2, 0.25) is 0 Å². The number of rotatable bonds is 3. The Kier molecular flexibility index (Phi) is 5.76. The van der Waals surface area contributed by atoms with Gasteiger partial charge in [-0.25, -0.2) is 0 Å². The molecule has 0 spiro atoms. The van der Waals surface area contributed by atoms with Crippen LogP contribution in [-0.4, -0.2) is 30.0 Å². The van der Waals surface area contributed by atoms with Crippen molar-refractivity contribution in [3.63, 3.8) is 0 Å². The maximum Gasteiger partial charge on any atom is 0.263 e. The van der Waals surface area contributed by atoms with Crippen molar-refractivity contribution in [2.75, 3.05) is 18.8 Å². The molecule has 1 fully saturated rings. The van der Waals surface area contributed by atoms with Gasteiger partial charge < -0.3 is 15.4 Å². The molecule has 4 nitrogen and oxygen atoms in total. The Morgan fingerprint density at radius 2 is 1.95 bits per heavy atom. The van der Waals surface area contributed by atoms with Crippen molar-refractivity contribution in [3.05, 3.63) is 21.6 Å². The second-order valence-corrected chi connectivity index (χ2v) is 6.60. The number of anilines is 1. The molecule has 2 rings (SSSR count). The van der Waals surface area contributed by atoms with Crippen LogP contribution in [0, 0.1) is 0 Å². The van der Waals surface area contributed by atoms with E-state index in [9.17, 15) is 4.79 Å². The summed E-state index contributed by atoms with van der Waals surface area (Å²) in [6.45, 7) is 3.38. The molecule has 116 valence electrons. The Hall–Kier alpha value is -0.940. The third-order valence-electron chi connectivity index (χ3n) is 3.60. The molecular weight excluding hydrogens is 356 g/mol. The first-order valence-electron chi connectivity index (χ1n) is 7.19. The minimum Gasteiger partial charge on any atom is -0.478 e. The van der Waals surface area contributed by atoms with Gasteiger partial charge in [0, 0.05) is 18.1 Å². The number of halogens is 2. The summed E-state index contributed by atoms with van der Waals surface area (Å²) in [6.07, 6.45) is 3.93. The Balaban J connectivity index is 2.06. The number of likely N-dealkylation sites (tertiary alicyclic amines) is 1. The second-order valence-electron chi connectivity index (χ2n) is 5.31. The zero-order chi connectivity index (χ0) is 15.4. The molecule has 1 aromatic rings. The standard InChI is InChI=1S/C15H20BrClN2O2/c1-10(15(20)19-6-4-2-3-5-7-19)21-14-12(16)8-11(17)9-13(14)18/h8-10H,2-7,18H2,1H3. The smallest absolute Gasteiger partial charge is 0.263 e. The highest BCUT2D eigenvalue weighted by atomic mass is 79.9. The molecule has 2 N–H and O–H groups in total. The van der Waals surface area contributed by atoms with Gasteiger partial charge >= 0.3 is 0 Å². The molecule has 0 saturated carbocycles. The molecule has 0 aliphatic carbocycles. The van der Waals surface area contributed by atoms with E-state index >= 15 is 0 Å². The van der Waals surface area contributed by atoms with Gasteiger partial charge in [-0.05, 0) is 47.8 Å². The van der Waals surface area contributed by atoms with Gasteiger partial charge in [-0.1, -0.05) is 24.4 Å². The molecule has 0 aromatic heterocycles. The number of nitrogen functional groups attached to an aromatic ring is 1. The van der Waals surface area contributed by atoms with E-state index in [1.165, 1.54) is 12.8 Å². The Labute approximate surface area is 138 Å². The maximum atomic E-state index is 12.5. The fourth-order valence-electron chi connectivity index (χ4n) is 2.48. The van der Waals surface area contributed by atoms with E-state index < -0.39 is 6.10 Å². The molecule has 6 heteroatoms. The zero-order valence-electron chi connectivity index (χ0n) is 12.1. The number of carbonyl (C=O) groups excluding carboxylic acids is 1. The van der Waals surface area contributed by atoms with E-state index in [2.05, 4.69) is 15.9 Å². The average Bonchev–Trinajstić information content (AvgIpc) is 2.70. The Morgan fingerprint density at radius 3 is 2.52 bits per heavy atom. The van der Waals surface area contributed by atoms with Crippen LogP contribution in [0.25, 0.3) is 0 Å². The predicted octanol–water partition coefficient (Wildman–Crippen LogP) is 3.85. The van der Waals surface area contributed by atoms with E-state index in [-0.39, 0.29) is 5.91 Å². The zero-order valence-corrected chi connectivity index (χ0v) is 14.4. The monoisotopic (exact) mass is 374 g/mol. The van der Waals surface area contributed by atoms with Crippen molar-refractivity contribution in [1.29, 1.82) is 0 Å². The van der Waals surface area contributed by atoms with E-state index in [1.54, 1.807) is 19.1 Å². The van der Waals surface area contributed by atoms with Gasteiger partial charge in [-0.2, -0.15) is 0 Å². The minimum atomic E-state index is -0.567. The second kappa shape index (κ2) is 7.36. The quantitative estimate of drug-likeness (QED) is 0.816. The number of amides is 1. The number of ether oxygens (including phenoxy) is 1. The SMILES string of the molecule is CC(Oc1c(N)cc(Cl)cc1Br)C(=O)N1CCCCCC1. The lowest BCUT2D eigenvalue weighted by Gasteiger charge is -2.25. The van der Waals surface area contributed by atoms with Crippen LogP contribution in [0.5, 0.6) is 5.75 Å². The summed E-state index contributed by atoms with van der Waals surface area (Å²) in [4.78, 5) is 14.4. The molecule has 1 aliphatic heterocycles. The van der Waals surface area contributed by atoms with Gasteiger partial charge in [0.15, 0.2) is 11.9 Å². The van der Waals surface area contributed by atoms with Crippen LogP contribution in [0.2, 0.25) is 5.02 Å². The van der Waals surface area contributed by atoms with Crippen molar-refractivity contribution < 1.29 is 9.53 Å². The van der Waals surface area contributed by atoms with E-state index in [0.717, 1.165) is 25.9 Å². The number of hydrogen-bond acceptors (Lipinski definition) is 3. The lowest BCUT2D eigenvalue weighted by Crippen LogP contribution is -2.41. The van der Waals surface area contributed by atoms with Crippen LogP contribution >= 0.6 is 27.5 Å². The van der Waals surface area contributed by atoms with Gasteiger partial charge in [0.1, 0.15) is 0 Å². The van der Waals surface area contributed by atoms with Gasteiger partial charge in [-0.15, -0.1) is 0 Å². The summed E-state index contributed by atoms with van der Waals surface area (Å²) in [5.41, 5.74) is 6.33. The van der Waals surface area contributed by atoms with Gasteiger partial charge in [0.05, 0.1) is 10.2 Å². The highest BCUT2D eigenvalue weighted by Gasteiger charge is 2.24. The molecule has 1 aliphatic rings. The van der Waals surface area contributed by atoms with Crippen molar-refractivity contribution in [2.45, 2.75) is 38.7 Å². The summed E-state index contributed by atoms with van der Waals surface area (Å²) < 4.78 is 6.42. The highest BCUT2D eigenvalue weighted by Crippen LogP contribution is 2.35. The molecule has 1 saturated heterocycles. The topological polar surface area (TPSA) is 55.6 Å². The highest BCUT2D eigenvalue weighted by molar-refractivity contribution is 9.10. The fraction of sp³-hybridized carbons (Fsp3) is 0.533. The summed E-state index contributed by atoms with van der Waals surface area (Å²) in [6, 6.07) is 3.32. The van der Waals surface area contributed by atoms with Crippen LogP contribution in [0.4, 0.5) is 5.69 Å². The summed E-state index contributed by atoms with van der Waals surface area (Å²) in [5, 5.41) is 0.526. The van der Waals surface area contributed by atoms with E-state index in [4.69, 9.17) is 22.1 Å². The summed E-state index contributed by atoms with van der Waals surface area (Å²) in [7, 11) is 0. The van der Waals surface area contributed by atoms with Crippen molar-refractivity contribution >= 4 is 39.1 Å². The number of hydrogen-bond donors (Lipinski definition) is 1. The molecule has 1 amide bonds. The maximum absolute atomic E-state index is 12.5. The Bertz CT molecular complexity index is 493. The molecule has 0 bridgehead atoms. The molecule has 1 heterocycles. The predicted molar refractivity (Wildman–Crippen MR) is 88.7 cm³/mol. The largest absolute Gasteiger partial charge is 0.478 e. The van der Waals surface area contributed by atoms with E-state index in [1.807, 2.05) is 4.90 Å². The van der Waals surface area contributed by atoms with Gasteiger partial charge in [0.25, 0.3) is 5.91 Å². The first-order chi connectivity index (χ1) is 9.99. The van der Waals surface area contributed by atoms with Crippen LogP contribution in [0.3, 0.4) is 0 Å². The normalized spacial score (nSPS) is 17.2. The number of nitrogens with zero attached hydrogens (tertiary/aromatic N) is 1.